The lowest BCUT2D eigenvalue weighted by molar-refractivity contribution is -0.127. The van der Waals surface area contributed by atoms with E-state index in [1.165, 1.54) is 12.8 Å². The summed E-state index contributed by atoms with van der Waals surface area (Å²) in [6, 6.07) is 7.61. The summed E-state index contributed by atoms with van der Waals surface area (Å²) in [4.78, 5) is 31.3. The van der Waals surface area contributed by atoms with Crippen molar-refractivity contribution in [1.82, 2.24) is 20.4 Å². The Morgan fingerprint density at radius 1 is 1.07 bits per heavy atom. The molecular weight excluding hydrogens is 356 g/mol. The summed E-state index contributed by atoms with van der Waals surface area (Å²) in [5.41, 5.74) is 1.45. The molecule has 1 aromatic heterocycles. The van der Waals surface area contributed by atoms with Crippen LogP contribution in [0.25, 0.3) is 11.4 Å². The third-order valence-corrected chi connectivity index (χ3v) is 5.77. The maximum atomic E-state index is 12.8. The fourth-order valence-corrected chi connectivity index (χ4v) is 4.09. The minimum Gasteiger partial charge on any atom is -0.353 e. The predicted molar refractivity (Wildman–Crippen MR) is 103 cm³/mol. The number of nitrogens with one attached hydrogen (secondary N) is 1. The van der Waals surface area contributed by atoms with Crippen LogP contribution in [0.4, 0.5) is 0 Å². The first kappa shape index (κ1) is 18.7. The number of nitrogens with zero attached hydrogens (tertiary/aromatic N) is 3. The second-order valence-electron chi connectivity index (χ2n) is 7.77. The van der Waals surface area contributed by atoms with Crippen LogP contribution in [0, 0.1) is 12.8 Å². The number of carbonyl (C=O) groups is 2. The Kier molecular flexibility index (Phi) is 5.41. The maximum absolute atomic E-state index is 12.8. The summed E-state index contributed by atoms with van der Waals surface area (Å²) in [6.07, 6.45) is 6.08. The van der Waals surface area contributed by atoms with Gasteiger partial charge in [0.1, 0.15) is 0 Å². The molecule has 0 atom stereocenters. The molecule has 2 amide bonds. The Morgan fingerprint density at radius 3 is 2.36 bits per heavy atom. The normalized spacial score (nSPS) is 18.4. The van der Waals surface area contributed by atoms with Gasteiger partial charge in [-0.3, -0.25) is 9.59 Å². The summed E-state index contributed by atoms with van der Waals surface area (Å²) in [7, 11) is 0. The van der Waals surface area contributed by atoms with Crippen LogP contribution in [-0.4, -0.2) is 46.0 Å². The number of amides is 2. The molecule has 1 aromatic carbocycles. The topological polar surface area (TPSA) is 88.3 Å². The summed E-state index contributed by atoms with van der Waals surface area (Å²) >= 11 is 0. The van der Waals surface area contributed by atoms with Gasteiger partial charge < -0.3 is 14.7 Å². The quantitative estimate of drug-likeness (QED) is 0.878. The summed E-state index contributed by atoms with van der Waals surface area (Å²) < 4.78 is 4.99. The monoisotopic (exact) mass is 382 g/mol. The number of benzene rings is 1. The van der Waals surface area contributed by atoms with Crippen LogP contribution in [0.3, 0.4) is 0 Å². The molecular formula is C21H26N4O3. The van der Waals surface area contributed by atoms with E-state index in [2.05, 4.69) is 15.5 Å². The van der Waals surface area contributed by atoms with Gasteiger partial charge in [0.05, 0.1) is 0 Å². The zero-order valence-electron chi connectivity index (χ0n) is 16.2. The number of likely N-dealkylation sites (tertiary alicyclic amines) is 1. The molecule has 0 radical (unpaired) electrons. The number of carbonyl (C=O) groups excluding carboxylic acids is 2. The highest BCUT2D eigenvalue weighted by Gasteiger charge is 2.29. The molecule has 0 spiro atoms. The van der Waals surface area contributed by atoms with Crippen LogP contribution in [0.1, 0.15) is 54.8 Å². The van der Waals surface area contributed by atoms with Crippen LogP contribution in [0.15, 0.2) is 28.8 Å². The van der Waals surface area contributed by atoms with E-state index in [1.54, 1.807) is 19.1 Å². The van der Waals surface area contributed by atoms with E-state index in [0.717, 1.165) is 31.2 Å². The molecule has 148 valence electrons. The van der Waals surface area contributed by atoms with Gasteiger partial charge in [-0.05, 0) is 37.8 Å². The van der Waals surface area contributed by atoms with Gasteiger partial charge >= 0.3 is 0 Å². The van der Waals surface area contributed by atoms with E-state index < -0.39 is 0 Å². The molecule has 2 fully saturated rings. The molecule has 1 aliphatic carbocycles. The van der Waals surface area contributed by atoms with Crippen molar-refractivity contribution in [2.75, 3.05) is 13.1 Å². The van der Waals surface area contributed by atoms with Crippen LogP contribution < -0.4 is 5.32 Å². The summed E-state index contributed by atoms with van der Waals surface area (Å²) in [5, 5.41) is 7.08. The standard InChI is InChI=1S/C21H26N4O3/c1-14-22-19(24-28-14)15-6-8-17(9-7-15)21(27)25-12-10-16(11-13-25)20(26)23-18-4-2-3-5-18/h6-9,16,18H,2-5,10-13H2,1H3,(H,23,26). The first-order valence-corrected chi connectivity index (χ1v) is 10.1. The molecule has 2 aliphatic rings. The lowest BCUT2D eigenvalue weighted by Gasteiger charge is -2.32. The van der Waals surface area contributed by atoms with Gasteiger partial charge in [-0.2, -0.15) is 4.98 Å². The lowest BCUT2D eigenvalue weighted by atomic mass is 9.95. The molecule has 0 unspecified atom stereocenters. The third kappa shape index (κ3) is 4.08. The van der Waals surface area contributed by atoms with Gasteiger partial charge in [0, 0.05) is 43.1 Å². The van der Waals surface area contributed by atoms with E-state index >= 15 is 0 Å². The zero-order valence-corrected chi connectivity index (χ0v) is 16.2. The van der Waals surface area contributed by atoms with E-state index in [9.17, 15) is 9.59 Å². The minimum atomic E-state index is 0.00509. The van der Waals surface area contributed by atoms with Gasteiger partial charge in [-0.15, -0.1) is 0 Å². The predicted octanol–water partition coefficient (Wildman–Crippen LogP) is 2.96. The molecule has 0 bridgehead atoms. The lowest BCUT2D eigenvalue weighted by Crippen LogP contribution is -2.44. The van der Waals surface area contributed by atoms with Crippen molar-refractivity contribution in [1.29, 1.82) is 0 Å². The Labute approximate surface area is 164 Å². The van der Waals surface area contributed by atoms with Crippen LogP contribution in [-0.2, 0) is 4.79 Å². The Bertz CT molecular complexity index is 832. The number of hydrogen-bond donors (Lipinski definition) is 1. The van der Waals surface area contributed by atoms with Crippen LogP contribution in [0.2, 0.25) is 0 Å². The highest BCUT2D eigenvalue weighted by atomic mass is 16.5. The number of aryl methyl sites for hydroxylation is 1. The molecule has 1 N–H and O–H groups in total. The molecule has 7 nitrogen and oxygen atoms in total. The van der Waals surface area contributed by atoms with Crippen molar-refractivity contribution in [3.05, 3.63) is 35.7 Å². The molecule has 1 aliphatic heterocycles. The van der Waals surface area contributed by atoms with Crippen molar-refractivity contribution in [3.63, 3.8) is 0 Å². The van der Waals surface area contributed by atoms with E-state index in [0.29, 0.717) is 36.4 Å². The summed E-state index contributed by atoms with van der Waals surface area (Å²) in [6.45, 7) is 2.98. The number of hydrogen-bond acceptors (Lipinski definition) is 5. The fourth-order valence-electron chi connectivity index (χ4n) is 4.09. The Balaban J connectivity index is 1.31. The van der Waals surface area contributed by atoms with Crippen LogP contribution >= 0.6 is 0 Å². The maximum Gasteiger partial charge on any atom is 0.253 e. The molecule has 2 heterocycles. The van der Waals surface area contributed by atoms with E-state index in [-0.39, 0.29) is 17.7 Å². The molecule has 7 heteroatoms. The van der Waals surface area contributed by atoms with Crippen molar-refractivity contribution in [3.8, 4) is 11.4 Å². The average molecular weight is 382 g/mol. The third-order valence-electron chi connectivity index (χ3n) is 5.77. The first-order chi connectivity index (χ1) is 13.6. The Hall–Kier alpha value is -2.70. The van der Waals surface area contributed by atoms with Crippen molar-refractivity contribution in [2.45, 2.75) is 51.5 Å². The van der Waals surface area contributed by atoms with Gasteiger partial charge in [0.2, 0.25) is 17.6 Å². The number of rotatable bonds is 4. The fraction of sp³-hybridized carbons (Fsp3) is 0.524. The second-order valence-corrected chi connectivity index (χ2v) is 7.77. The van der Waals surface area contributed by atoms with Crippen LogP contribution in [0.5, 0.6) is 0 Å². The molecule has 1 saturated heterocycles. The van der Waals surface area contributed by atoms with Gasteiger partial charge in [-0.25, -0.2) is 0 Å². The summed E-state index contributed by atoms with van der Waals surface area (Å²) in [5.74, 6) is 1.22. The average Bonchev–Trinajstić information content (AvgIpc) is 3.39. The molecule has 1 saturated carbocycles. The first-order valence-electron chi connectivity index (χ1n) is 10.1. The van der Waals surface area contributed by atoms with Crippen molar-refractivity contribution >= 4 is 11.8 Å². The zero-order chi connectivity index (χ0) is 19.5. The van der Waals surface area contributed by atoms with E-state index in [1.807, 2.05) is 17.0 Å². The molecule has 28 heavy (non-hydrogen) atoms. The van der Waals surface area contributed by atoms with Crippen molar-refractivity contribution < 1.29 is 14.1 Å². The number of aromatic nitrogens is 2. The molecule has 2 aromatic rings. The van der Waals surface area contributed by atoms with Gasteiger partial charge in [-0.1, -0.05) is 30.1 Å². The highest BCUT2D eigenvalue weighted by Crippen LogP contribution is 2.23. The number of piperidine rings is 1. The van der Waals surface area contributed by atoms with Crippen molar-refractivity contribution in [2.24, 2.45) is 5.92 Å². The van der Waals surface area contributed by atoms with E-state index in [4.69, 9.17) is 4.52 Å². The minimum absolute atomic E-state index is 0.00509. The van der Waals surface area contributed by atoms with Gasteiger partial charge in [0.25, 0.3) is 5.91 Å². The Morgan fingerprint density at radius 2 is 1.75 bits per heavy atom. The SMILES string of the molecule is Cc1nc(-c2ccc(C(=O)N3CCC(C(=O)NC4CCCC4)CC3)cc2)no1. The smallest absolute Gasteiger partial charge is 0.253 e. The highest BCUT2D eigenvalue weighted by molar-refractivity contribution is 5.94. The molecule has 4 rings (SSSR count). The largest absolute Gasteiger partial charge is 0.353 e. The van der Waals surface area contributed by atoms with Gasteiger partial charge in [0.15, 0.2) is 0 Å². The second kappa shape index (κ2) is 8.12.